The van der Waals surface area contributed by atoms with Gasteiger partial charge >= 0.3 is 6.09 Å². The number of hydrogen-bond acceptors (Lipinski definition) is 6. The molecule has 1 unspecified atom stereocenters. The molecule has 5 rings (SSSR count). The fourth-order valence-electron chi connectivity index (χ4n) is 4.29. The van der Waals surface area contributed by atoms with Crippen LogP contribution in [0, 0.1) is 18.9 Å². The third-order valence-corrected chi connectivity index (χ3v) is 7.23. The van der Waals surface area contributed by atoms with Crippen molar-refractivity contribution in [1.29, 1.82) is 0 Å². The number of hydrogen-bond donors (Lipinski definition) is 1. The fraction of sp³-hybridized carbons (Fsp3) is 0.500. The zero-order valence-corrected chi connectivity index (χ0v) is 19.5. The summed E-state index contributed by atoms with van der Waals surface area (Å²) in [5.74, 6) is 1.13. The molecule has 172 valence electrons. The predicted molar refractivity (Wildman–Crippen MR) is 124 cm³/mol. The molecule has 8 nitrogen and oxygen atoms in total. The number of carbonyl (C=O) groups excluding carboxylic acids is 1. The molecule has 2 aromatic rings. The van der Waals surface area contributed by atoms with Gasteiger partial charge in [0, 0.05) is 24.9 Å². The minimum Gasteiger partial charge on any atom is -0.473 e. The Balaban J connectivity index is 1.27. The van der Waals surface area contributed by atoms with Crippen LogP contribution in [0.2, 0.25) is 5.02 Å². The molecule has 0 radical (unpaired) electrons. The lowest BCUT2D eigenvalue weighted by Gasteiger charge is -2.38. The molecule has 33 heavy (non-hydrogen) atoms. The van der Waals surface area contributed by atoms with Crippen molar-refractivity contribution in [1.82, 2.24) is 14.9 Å². The average molecular weight is 468 g/mol. The molecule has 1 saturated heterocycles. The second kappa shape index (κ2) is 8.07. The summed E-state index contributed by atoms with van der Waals surface area (Å²) in [4.78, 5) is 26.5. The van der Waals surface area contributed by atoms with Gasteiger partial charge in [-0.15, -0.1) is 0 Å². The Morgan fingerprint density at radius 3 is 2.76 bits per heavy atom. The summed E-state index contributed by atoms with van der Waals surface area (Å²) in [7, 11) is 0. The second-order valence-corrected chi connectivity index (χ2v) is 9.96. The normalized spacial score (nSPS) is 21.8. The quantitative estimate of drug-likeness (QED) is 0.572. The van der Waals surface area contributed by atoms with E-state index in [1.165, 1.54) is 6.33 Å². The maximum Gasteiger partial charge on any atom is 0.410 e. The smallest absolute Gasteiger partial charge is 0.410 e. The van der Waals surface area contributed by atoms with Gasteiger partial charge in [-0.2, -0.15) is 0 Å². The highest BCUT2D eigenvalue weighted by Gasteiger charge is 2.56. The average Bonchev–Trinajstić information content (AvgIpc) is 3.72. The Morgan fingerprint density at radius 1 is 1.30 bits per heavy atom. The maximum absolute atomic E-state index is 12.6. The van der Waals surface area contributed by atoms with Gasteiger partial charge in [-0.1, -0.05) is 17.7 Å². The minimum atomic E-state index is -0.262. The van der Waals surface area contributed by atoms with Crippen LogP contribution in [-0.2, 0) is 4.74 Å². The standard InChI is InChI=1S/C24H26ClN5O3/c1-15-20(29-18-5-4-16(26-3)12-17(18)25)27-14-28-21(15)32-19-6-11-30(13-24(19)9-10-24)22(31)33-23(2)7-8-23/h4-5,12,14,19H,6-11,13H2,1-2H3,(H,27,28,29). The largest absolute Gasteiger partial charge is 0.473 e. The molecule has 0 bridgehead atoms. The first-order valence-electron chi connectivity index (χ1n) is 11.2. The molecular weight excluding hydrogens is 442 g/mol. The van der Waals surface area contributed by atoms with Gasteiger partial charge in [0.05, 0.1) is 22.8 Å². The number of rotatable bonds is 5. The van der Waals surface area contributed by atoms with Gasteiger partial charge in [0.25, 0.3) is 0 Å². The van der Waals surface area contributed by atoms with E-state index in [1.807, 2.05) is 18.7 Å². The summed E-state index contributed by atoms with van der Waals surface area (Å²) in [5, 5.41) is 3.66. The monoisotopic (exact) mass is 467 g/mol. The van der Waals surface area contributed by atoms with E-state index in [4.69, 9.17) is 27.6 Å². The van der Waals surface area contributed by atoms with Crippen molar-refractivity contribution in [3.8, 4) is 5.88 Å². The number of likely N-dealkylation sites (tertiary alicyclic amines) is 1. The Hall–Kier alpha value is -3.05. The molecule has 1 spiro atoms. The molecule has 1 atom stereocenters. The number of benzene rings is 1. The number of piperidine rings is 1. The number of carbonyl (C=O) groups is 1. The number of nitrogens with one attached hydrogen (secondary N) is 1. The van der Waals surface area contributed by atoms with Gasteiger partial charge < -0.3 is 19.7 Å². The highest BCUT2D eigenvalue weighted by molar-refractivity contribution is 6.33. The van der Waals surface area contributed by atoms with Crippen LogP contribution in [0.25, 0.3) is 4.85 Å². The summed E-state index contributed by atoms with van der Waals surface area (Å²) >= 11 is 6.31. The van der Waals surface area contributed by atoms with Gasteiger partial charge in [0.2, 0.25) is 5.88 Å². The molecule has 2 aliphatic carbocycles. The maximum atomic E-state index is 12.6. The number of halogens is 1. The first-order valence-corrected chi connectivity index (χ1v) is 11.6. The molecule has 1 aromatic carbocycles. The Kier molecular flexibility index (Phi) is 5.32. The third-order valence-electron chi connectivity index (χ3n) is 6.91. The second-order valence-electron chi connectivity index (χ2n) is 9.55. The van der Waals surface area contributed by atoms with E-state index in [0.717, 1.165) is 37.7 Å². The highest BCUT2D eigenvalue weighted by atomic mass is 35.5. The molecule has 1 amide bonds. The van der Waals surface area contributed by atoms with Crippen LogP contribution < -0.4 is 10.1 Å². The molecule has 2 saturated carbocycles. The molecule has 3 fully saturated rings. The van der Waals surface area contributed by atoms with E-state index >= 15 is 0 Å². The van der Waals surface area contributed by atoms with Crippen LogP contribution in [-0.4, -0.2) is 45.8 Å². The zero-order valence-electron chi connectivity index (χ0n) is 18.7. The third kappa shape index (κ3) is 4.42. The van der Waals surface area contributed by atoms with Gasteiger partial charge in [-0.25, -0.2) is 19.6 Å². The van der Waals surface area contributed by atoms with Crippen molar-refractivity contribution in [3.05, 3.63) is 46.5 Å². The van der Waals surface area contributed by atoms with E-state index in [-0.39, 0.29) is 23.2 Å². The summed E-state index contributed by atoms with van der Waals surface area (Å²) in [6.07, 6.45) is 5.93. The number of amides is 1. The van der Waals surface area contributed by atoms with Crippen LogP contribution in [0.4, 0.5) is 22.0 Å². The van der Waals surface area contributed by atoms with Crippen LogP contribution in [0.15, 0.2) is 24.5 Å². The van der Waals surface area contributed by atoms with E-state index in [2.05, 4.69) is 20.1 Å². The highest BCUT2D eigenvalue weighted by Crippen LogP contribution is 2.54. The van der Waals surface area contributed by atoms with Gasteiger partial charge in [0.15, 0.2) is 5.69 Å². The van der Waals surface area contributed by atoms with Gasteiger partial charge in [-0.05, 0) is 51.7 Å². The van der Waals surface area contributed by atoms with Crippen molar-refractivity contribution in [2.24, 2.45) is 5.41 Å². The van der Waals surface area contributed by atoms with Gasteiger partial charge in [0.1, 0.15) is 23.9 Å². The van der Waals surface area contributed by atoms with Crippen LogP contribution in [0.3, 0.4) is 0 Å². The van der Waals surface area contributed by atoms with E-state index in [0.29, 0.717) is 41.2 Å². The fourth-order valence-corrected chi connectivity index (χ4v) is 4.51. The van der Waals surface area contributed by atoms with Crippen molar-refractivity contribution < 1.29 is 14.3 Å². The number of aromatic nitrogens is 2. The Labute approximate surface area is 198 Å². The molecule has 3 aliphatic rings. The number of ether oxygens (including phenoxy) is 2. The first kappa shape index (κ1) is 21.8. The Morgan fingerprint density at radius 2 is 2.09 bits per heavy atom. The summed E-state index contributed by atoms with van der Waals surface area (Å²) in [6.45, 7) is 12.3. The summed E-state index contributed by atoms with van der Waals surface area (Å²) in [6, 6.07) is 5.08. The summed E-state index contributed by atoms with van der Waals surface area (Å²) < 4.78 is 12.1. The summed E-state index contributed by atoms with van der Waals surface area (Å²) in [5.41, 5.74) is 1.62. The van der Waals surface area contributed by atoms with E-state index in [1.54, 1.807) is 18.2 Å². The van der Waals surface area contributed by atoms with Crippen molar-refractivity contribution in [3.63, 3.8) is 0 Å². The molecule has 1 N–H and O–H groups in total. The molecule has 1 aromatic heterocycles. The van der Waals surface area contributed by atoms with Crippen LogP contribution in [0.5, 0.6) is 5.88 Å². The lowest BCUT2D eigenvalue weighted by molar-refractivity contribution is 0.00541. The van der Waals surface area contributed by atoms with Crippen molar-refractivity contribution >= 4 is 34.9 Å². The van der Waals surface area contributed by atoms with E-state index in [9.17, 15) is 4.79 Å². The van der Waals surface area contributed by atoms with Crippen LogP contribution >= 0.6 is 11.6 Å². The first-order chi connectivity index (χ1) is 15.8. The molecule has 9 heteroatoms. The van der Waals surface area contributed by atoms with E-state index < -0.39 is 0 Å². The minimum absolute atomic E-state index is 0.0129. The van der Waals surface area contributed by atoms with Crippen molar-refractivity contribution in [2.75, 3.05) is 18.4 Å². The number of anilines is 2. The zero-order chi connectivity index (χ0) is 23.2. The van der Waals surface area contributed by atoms with Crippen molar-refractivity contribution in [2.45, 2.75) is 57.7 Å². The Bertz CT molecular complexity index is 1140. The molecule has 2 heterocycles. The number of nitrogens with zero attached hydrogens (tertiary/aromatic N) is 4. The molecule has 1 aliphatic heterocycles. The van der Waals surface area contributed by atoms with Gasteiger partial charge in [-0.3, -0.25) is 0 Å². The topological polar surface area (TPSA) is 80.9 Å². The SMILES string of the molecule is [C-]#[N+]c1ccc(Nc2ncnc(OC3CCN(C(=O)OC4(C)CC4)CC34CC4)c2C)c(Cl)c1. The van der Waals surface area contributed by atoms with Crippen LogP contribution in [0.1, 0.15) is 44.6 Å². The predicted octanol–water partition coefficient (Wildman–Crippen LogP) is 5.66. The molecular formula is C24H26ClN5O3. The lowest BCUT2D eigenvalue weighted by Crippen LogP contribution is -2.50. The lowest BCUT2D eigenvalue weighted by atomic mass is 9.91.